The number of aryl methyl sites for hydroxylation is 1. The molecule has 0 saturated heterocycles. The number of carbonyl (C=O) groups is 1. The van der Waals surface area contributed by atoms with Gasteiger partial charge in [-0.25, -0.2) is 0 Å². The van der Waals surface area contributed by atoms with E-state index in [4.69, 9.17) is 11.0 Å². The van der Waals surface area contributed by atoms with E-state index in [1.165, 1.54) is 11.6 Å². The number of fused-ring (bicyclic) bond motifs is 1. The maximum Gasteiger partial charge on any atom is 0.241 e. The zero-order valence-electron chi connectivity index (χ0n) is 8.16. The summed E-state index contributed by atoms with van der Waals surface area (Å²) < 4.78 is 0. The predicted octanol–water partition coefficient (Wildman–Crippen LogP) is 1.37. The Hall–Kier alpha value is -2.08. The summed E-state index contributed by atoms with van der Waals surface area (Å²) >= 11 is 0. The summed E-state index contributed by atoms with van der Waals surface area (Å²) in [6.07, 6.45) is 3.19. The molecule has 0 aliphatic heterocycles. The lowest BCUT2D eigenvalue weighted by atomic mass is 10.0. The number of amides is 1. The minimum Gasteiger partial charge on any atom is -0.366 e. The van der Waals surface area contributed by atoms with Crippen molar-refractivity contribution in [2.45, 2.75) is 12.8 Å². The van der Waals surface area contributed by atoms with Gasteiger partial charge in [-0.05, 0) is 41.7 Å². The minimum atomic E-state index is -0.430. The Balaban J connectivity index is 2.50. The maximum atomic E-state index is 10.8. The van der Waals surface area contributed by atoms with E-state index in [1.54, 1.807) is 6.07 Å². The Kier molecular flexibility index (Phi) is 2.26. The van der Waals surface area contributed by atoms with E-state index in [9.17, 15) is 4.79 Å². The van der Waals surface area contributed by atoms with Gasteiger partial charge in [0.1, 0.15) is 0 Å². The zero-order chi connectivity index (χ0) is 10.8. The lowest BCUT2D eigenvalue weighted by molar-refractivity contribution is -0.113. The van der Waals surface area contributed by atoms with E-state index in [1.807, 2.05) is 12.1 Å². The highest BCUT2D eigenvalue weighted by molar-refractivity contribution is 5.95. The van der Waals surface area contributed by atoms with Crippen molar-refractivity contribution in [3.8, 4) is 6.07 Å². The van der Waals surface area contributed by atoms with Crippen molar-refractivity contribution in [2.24, 2.45) is 5.73 Å². The maximum absolute atomic E-state index is 10.8. The van der Waals surface area contributed by atoms with Crippen molar-refractivity contribution < 1.29 is 4.79 Å². The largest absolute Gasteiger partial charge is 0.366 e. The number of primary amides is 1. The molecule has 0 heterocycles. The second kappa shape index (κ2) is 3.58. The first-order chi connectivity index (χ1) is 7.20. The molecular weight excluding hydrogens is 188 g/mol. The number of benzene rings is 1. The topological polar surface area (TPSA) is 66.9 Å². The summed E-state index contributed by atoms with van der Waals surface area (Å²) in [6, 6.07) is 7.64. The first-order valence-corrected chi connectivity index (χ1v) is 4.74. The van der Waals surface area contributed by atoms with E-state index in [0.717, 1.165) is 24.0 Å². The minimum absolute atomic E-state index is 0.430. The van der Waals surface area contributed by atoms with Crippen LogP contribution in [0, 0.1) is 11.3 Å². The summed E-state index contributed by atoms with van der Waals surface area (Å²) in [7, 11) is 0. The van der Waals surface area contributed by atoms with Crippen molar-refractivity contribution >= 4 is 11.5 Å². The number of carbonyl (C=O) groups excluding carboxylic acids is 1. The summed E-state index contributed by atoms with van der Waals surface area (Å²) in [5.41, 5.74) is 8.85. The van der Waals surface area contributed by atoms with Gasteiger partial charge in [0, 0.05) is 6.08 Å². The molecule has 1 amide bonds. The number of nitriles is 1. The van der Waals surface area contributed by atoms with Crippen LogP contribution in [0.5, 0.6) is 0 Å². The summed E-state index contributed by atoms with van der Waals surface area (Å²) in [5.74, 6) is -0.430. The second-order valence-corrected chi connectivity index (χ2v) is 3.56. The van der Waals surface area contributed by atoms with Crippen LogP contribution in [-0.4, -0.2) is 5.91 Å². The molecule has 0 fully saturated rings. The van der Waals surface area contributed by atoms with Crippen molar-refractivity contribution in [3.05, 3.63) is 41.0 Å². The molecule has 74 valence electrons. The van der Waals surface area contributed by atoms with Gasteiger partial charge in [-0.2, -0.15) is 5.26 Å². The van der Waals surface area contributed by atoms with Gasteiger partial charge in [0.2, 0.25) is 5.91 Å². The third-order valence-electron chi connectivity index (χ3n) is 2.57. The number of hydrogen-bond donors (Lipinski definition) is 1. The molecule has 1 aliphatic carbocycles. The van der Waals surface area contributed by atoms with Crippen LogP contribution in [0.2, 0.25) is 0 Å². The van der Waals surface area contributed by atoms with E-state index >= 15 is 0 Å². The van der Waals surface area contributed by atoms with Gasteiger partial charge in [0.05, 0.1) is 11.6 Å². The molecular formula is C12H10N2O. The van der Waals surface area contributed by atoms with Crippen LogP contribution in [0.25, 0.3) is 5.57 Å². The average molecular weight is 198 g/mol. The molecule has 2 N–H and O–H groups in total. The second-order valence-electron chi connectivity index (χ2n) is 3.56. The van der Waals surface area contributed by atoms with Crippen molar-refractivity contribution in [1.82, 2.24) is 0 Å². The van der Waals surface area contributed by atoms with Crippen LogP contribution in [0.4, 0.5) is 0 Å². The van der Waals surface area contributed by atoms with Gasteiger partial charge >= 0.3 is 0 Å². The predicted molar refractivity (Wildman–Crippen MR) is 56.6 cm³/mol. The summed E-state index contributed by atoms with van der Waals surface area (Å²) in [6.45, 7) is 0. The van der Waals surface area contributed by atoms with Gasteiger partial charge < -0.3 is 5.73 Å². The number of hydrogen-bond acceptors (Lipinski definition) is 2. The Morgan fingerprint density at radius 3 is 2.93 bits per heavy atom. The molecule has 3 heteroatoms. The molecule has 0 radical (unpaired) electrons. The van der Waals surface area contributed by atoms with Crippen LogP contribution in [0.3, 0.4) is 0 Å². The molecule has 0 saturated carbocycles. The van der Waals surface area contributed by atoms with E-state index in [0.29, 0.717) is 5.56 Å². The fourth-order valence-electron chi connectivity index (χ4n) is 1.89. The molecule has 1 aromatic carbocycles. The number of nitrogens with zero attached hydrogens (tertiary/aromatic N) is 1. The third kappa shape index (κ3) is 1.75. The van der Waals surface area contributed by atoms with E-state index in [2.05, 4.69) is 6.07 Å². The van der Waals surface area contributed by atoms with Gasteiger partial charge in [0.25, 0.3) is 0 Å². The fourth-order valence-corrected chi connectivity index (χ4v) is 1.89. The Bertz CT molecular complexity index is 495. The number of allylic oxidation sites excluding steroid dienone is 1. The smallest absolute Gasteiger partial charge is 0.241 e. The molecule has 0 aromatic heterocycles. The number of rotatable bonds is 1. The Labute approximate surface area is 87.8 Å². The molecule has 2 rings (SSSR count). The Morgan fingerprint density at radius 2 is 2.27 bits per heavy atom. The average Bonchev–Trinajstić information content (AvgIpc) is 2.60. The van der Waals surface area contributed by atoms with Crippen LogP contribution in [0.1, 0.15) is 23.1 Å². The Morgan fingerprint density at radius 1 is 1.47 bits per heavy atom. The van der Waals surface area contributed by atoms with Gasteiger partial charge in [0.15, 0.2) is 0 Å². The molecule has 1 aliphatic rings. The van der Waals surface area contributed by atoms with E-state index < -0.39 is 5.91 Å². The standard InChI is InChI=1S/C12H10N2O/c13-7-8-1-2-9-3-4-10(6-12(14)15)11(9)5-8/h1-2,5-6H,3-4H2,(H2,14,15)/b10-6+. The van der Waals surface area contributed by atoms with Gasteiger partial charge in [-0.15, -0.1) is 0 Å². The van der Waals surface area contributed by atoms with Crippen LogP contribution in [-0.2, 0) is 11.2 Å². The van der Waals surface area contributed by atoms with Crippen LogP contribution >= 0.6 is 0 Å². The highest BCUT2D eigenvalue weighted by atomic mass is 16.1. The summed E-state index contributed by atoms with van der Waals surface area (Å²) in [5, 5.41) is 8.78. The van der Waals surface area contributed by atoms with Crippen molar-refractivity contribution in [1.29, 1.82) is 5.26 Å². The highest BCUT2D eigenvalue weighted by Crippen LogP contribution is 2.32. The molecule has 0 spiro atoms. The SMILES string of the molecule is N#Cc1ccc2c(c1)/C(=C/C(N)=O)CC2. The molecule has 3 nitrogen and oxygen atoms in total. The highest BCUT2D eigenvalue weighted by Gasteiger charge is 2.16. The lowest BCUT2D eigenvalue weighted by Gasteiger charge is -2.00. The fraction of sp³-hybridized carbons (Fsp3) is 0.167. The quantitative estimate of drug-likeness (QED) is 0.692. The van der Waals surface area contributed by atoms with E-state index in [-0.39, 0.29) is 0 Å². The molecule has 1 aromatic rings. The van der Waals surface area contributed by atoms with Gasteiger partial charge in [-0.1, -0.05) is 6.07 Å². The summed E-state index contributed by atoms with van der Waals surface area (Å²) in [4.78, 5) is 10.8. The molecule has 0 atom stereocenters. The van der Waals surface area contributed by atoms with Crippen molar-refractivity contribution in [2.75, 3.05) is 0 Å². The zero-order valence-corrected chi connectivity index (χ0v) is 8.16. The normalized spacial score (nSPS) is 16.1. The van der Waals surface area contributed by atoms with Crippen molar-refractivity contribution in [3.63, 3.8) is 0 Å². The molecule has 0 unspecified atom stereocenters. The molecule has 0 bridgehead atoms. The number of nitrogens with two attached hydrogens (primary N) is 1. The van der Waals surface area contributed by atoms with Gasteiger partial charge in [-0.3, -0.25) is 4.79 Å². The lowest BCUT2D eigenvalue weighted by Crippen LogP contribution is -2.06. The first kappa shape index (κ1) is 9.47. The first-order valence-electron chi connectivity index (χ1n) is 4.74. The van der Waals surface area contributed by atoms with Crippen LogP contribution < -0.4 is 5.73 Å². The molecule has 15 heavy (non-hydrogen) atoms. The monoisotopic (exact) mass is 198 g/mol. The van der Waals surface area contributed by atoms with Crippen LogP contribution in [0.15, 0.2) is 24.3 Å². The third-order valence-corrected chi connectivity index (χ3v) is 2.57.